The molecule has 0 bridgehead atoms. The molecule has 0 fully saturated rings. The molecule has 0 aromatic heterocycles. The molecule has 1 aliphatic rings. The van der Waals surface area contributed by atoms with Gasteiger partial charge in [-0.25, -0.2) is 0 Å². The average molecular weight is 311 g/mol. The molecule has 0 N–H and O–H groups in total. The number of hydrogen-bond acceptors (Lipinski definition) is 1. The Bertz CT molecular complexity index is 914. The largest absolute Gasteiger partial charge is 0.314 e. The van der Waals surface area contributed by atoms with Gasteiger partial charge in [0.1, 0.15) is 0 Å². The SMILES string of the molecule is CC1=CC=C(N(c2ccccc2)c2cccc3ccccc23)CC1. The molecule has 0 spiro atoms. The van der Waals surface area contributed by atoms with Crippen molar-refractivity contribution in [3.63, 3.8) is 0 Å². The zero-order valence-corrected chi connectivity index (χ0v) is 13.9. The number of nitrogens with zero attached hydrogens (tertiary/aromatic N) is 1. The van der Waals surface area contributed by atoms with Gasteiger partial charge in [-0.15, -0.1) is 0 Å². The predicted octanol–water partition coefficient (Wildman–Crippen LogP) is 6.60. The van der Waals surface area contributed by atoms with E-state index in [1.165, 1.54) is 33.4 Å². The molecule has 1 nitrogen and oxygen atoms in total. The van der Waals surface area contributed by atoms with E-state index >= 15 is 0 Å². The van der Waals surface area contributed by atoms with Crippen molar-refractivity contribution in [2.75, 3.05) is 4.90 Å². The second-order valence-corrected chi connectivity index (χ2v) is 6.34. The van der Waals surface area contributed by atoms with Crippen LogP contribution in [0.1, 0.15) is 19.8 Å². The number of rotatable bonds is 3. The van der Waals surface area contributed by atoms with Gasteiger partial charge in [0.2, 0.25) is 0 Å². The van der Waals surface area contributed by atoms with Gasteiger partial charge in [-0.2, -0.15) is 0 Å². The zero-order chi connectivity index (χ0) is 16.4. The fourth-order valence-electron chi connectivity index (χ4n) is 3.36. The van der Waals surface area contributed by atoms with Gasteiger partial charge in [-0.3, -0.25) is 0 Å². The normalized spacial score (nSPS) is 14.2. The fourth-order valence-corrected chi connectivity index (χ4v) is 3.36. The van der Waals surface area contributed by atoms with Crippen LogP contribution in [-0.2, 0) is 0 Å². The van der Waals surface area contributed by atoms with Crippen molar-refractivity contribution in [1.82, 2.24) is 0 Å². The lowest BCUT2D eigenvalue weighted by Gasteiger charge is -2.30. The number of fused-ring (bicyclic) bond motifs is 1. The molecule has 0 unspecified atom stereocenters. The summed E-state index contributed by atoms with van der Waals surface area (Å²) in [5, 5.41) is 2.56. The molecule has 0 aliphatic heterocycles. The van der Waals surface area contributed by atoms with Crippen LogP contribution in [0.3, 0.4) is 0 Å². The molecule has 0 atom stereocenters. The van der Waals surface area contributed by atoms with Crippen LogP contribution in [0.2, 0.25) is 0 Å². The maximum Gasteiger partial charge on any atom is 0.0536 e. The summed E-state index contributed by atoms with van der Waals surface area (Å²) in [7, 11) is 0. The van der Waals surface area contributed by atoms with Crippen LogP contribution >= 0.6 is 0 Å². The molecule has 3 aromatic carbocycles. The Balaban J connectivity index is 1.93. The van der Waals surface area contributed by atoms with Gasteiger partial charge in [0, 0.05) is 16.8 Å². The summed E-state index contributed by atoms with van der Waals surface area (Å²) in [6, 6.07) is 25.8. The molecule has 1 aliphatic carbocycles. The zero-order valence-electron chi connectivity index (χ0n) is 13.9. The Morgan fingerprint density at radius 3 is 2.25 bits per heavy atom. The van der Waals surface area contributed by atoms with E-state index in [1.54, 1.807) is 0 Å². The molecule has 0 amide bonds. The van der Waals surface area contributed by atoms with Crippen molar-refractivity contribution in [3.8, 4) is 0 Å². The minimum Gasteiger partial charge on any atom is -0.314 e. The topological polar surface area (TPSA) is 3.24 Å². The lowest BCUT2D eigenvalue weighted by molar-refractivity contribution is 0.876. The van der Waals surface area contributed by atoms with E-state index in [0.717, 1.165) is 12.8 Å². The minimum absolute atomic E-state index is 1.07. The summed E-state index contributed by atoms with van der Waals surface area (Å²) < 4.78 is 0. The molecule has 0 saturated carbocycles. The van der Waals surface area contributed by atoms with Crippen molar-refractivity contribution in [1.29, 1.82) is 0 Å². The van der Waals surface area contributed by atoms with Crippen molar-refractivity contribution in [3.05, 3.63) is 96.2 Å². The highest BCUT2D eigenvalue weighted by Gasteiger charge is 2.18. The molecule has 24 heavy (non-hydrogen) atoms. The molecule has 118 valence electrons. The summed E-state index contributed by atoms with van der Waals surface area (Å²) in [5.41, 5.74) is 5.26. The lowest BCUT2D eigenvalue weighted by atomic mass is 10.0. The Hall–Kier alpha value is -2.80. The second-order valence-electron chi connectivity index (χ2n) is 6.34. The van der Waals surface area contributed by atoms with E-state index in [1.807, 2.05) is 0 Å². The first-order valence-corrected chi connectivity index (χ1v) is 8.52. The third-order valence-electron chi connectivity index (χ3n) is 4.64. The Labute approximate surface area is 143 Å². The highest BCUT2D eigenvalue weighted by atomic mass is 15.1. The molecule has 0 saturated heterocycles. The van der Waals surface area contributed by atoms with Gasteiger partial charge in [0.25, 0.3) is 0 Å². The number of hydrogen-bond donors (Lipinski definition) is 0. The lowest BCUT2D eigenvalue weighted by Crippen LogP contribution is -2.18. The van der Waals surface area contributed by atoms with Crippen LogP contribution in [0.5, 0.6) is 0 Å². The first-order chi connectivity index (χ1) is 11.8. The smallest absolute Gasteiger partial charge is 0.0536 e. The average Bonchev–Trinajstić information content (AvgIpc) is 2.65. The van der Waals surface area contributed by atoms with Crippen molar-refractivity contribution >= 4 is 22.1 Å². The van der Waals surface area contributed by atoms with Crippen molar-refractivity contribution in [2.45, 2.75) is 19.8 Å². The molecule has 0 radical (unpaired) electrons. The molecule has 0 heterocycles. The maximum absolute atomic E-state index is 2.41. The van der Waals surface area contributed by atoms with E-state index < -0.39 is 0 Å². The van der Waals surface area contributed by atoms with Crippen LogP contribution in [0.15, 0.2) is 96.2 Å². The van der Waals surface area contributed by atoms with E-state index in [4.69, 9.17) is 0 Å². The summed E-state index contributed by atoms with van der Waals surface area (Å²) in [6.45, 7) is 2.21. The van der Waals surface area contributed by atoms with E-state index in [0.29, 0.717) is 0 Å². The number of allylic oxidation sites excluding steroid dienone is 4. The molecular formula is C23H21N. The molecule has 1 heteroatoms. The van der Waals surface area contributed by atoms with Gasteiger partial charge in [-0.05, 0) is 49.4 Å². The van der Waals surface area contributed by atoms with Gasteiger partial charge >= 0.3 is 0 Å². The summed E-state index contributed by atoms with van der Waals surface area (Å²) in [4.78, 5) is 2.41. The molecule has 3 aromatic rings. The molecular weight excluding hydrogens is 290 g/mol. The second kappa shape index (κ2) is 6.37. The van der Waals surface area contributed by atoms with E-state index in [9.17, 15) is 0 Å². The van der Waals surface area contributed by atoms with Crippen LogP contribution in [0, 0.1) is 0 Å². The van der Waals surface area contributed by atoms with Gasteiger partial charge in [-0.1, -0.05) is 66.2 Å². The van der Waals surface area contributed by atoms with Gasteiger partial charge < -0.3 is 4.90 Å². The van der Waals surface area contributed by atoms with E-state index in [-0.39, 0.29) is 0 Å². The highest BCUT2D eigenvalue weighted by Crippen LogP contribution is 2.37. The first-order valence-electron chi connectivity index (χ1n) is 8.52. The Morgan fingerprint density at radius 2 is 1.46 bits per heavy atom. The standard InChI is InChI=1S/C23H21N/c1-18-14-16-21(17-15-18)24(20-10-3-2-4-11-20)23-13-7-9-19-8-5-6-12-22(19)23/h2-14,16H,15,17H2,1H3. The quantitative estimate of drug-likeness (QED) is 0.526. The maximum atomic E-state index is 2.41. The minimum atomic E-state index is 1.07. The number of benzene rings is 3. The number of anilines is 2. The van der Waals surface area contributed by atoms with Gasteiger partial charge in [0.15, 0.2) is 0 Å². The van der Waals surface area contributed by atoms with Crippen molar-refractivity contribution in [2.24, 2.45) is 0 Å². The Morgan fingerprint density at radius 1 is 0.708 bits per heavy atom. The van der Waals surface area contributed by atoms with Crippen molar-refractivity contribution < 1.29 is 0 Å². The number of para-hydroxylation sites is 1. The summed E-state index contributed by atoms with van der Waals surface area (Å²) in [6.07, 6.45) is 6.72. The monoisotopic (exact) mass is 311 g/mol. The van der Waals surface area contributed by atoms with Crippen LogP contribution < -0.4 is 4.90 Å². The first kappa shape index (κ1) is 14.8. The summed E-state index contributed by atoms with van der Waals surface area (Å²) >= 11 is 0. The summed E-state index contributed by atoms with van der Waals surface area (Å²) in [5.74, 6) is 0. The molecule has 4 rings (SSSR count). The third-order valence-corrected chi connectivity index (χ3v) is 4.64. The van der Waals surface area contributed by atoms with Crippen LogP contribution in [-0.4, -0.2) is 0 Å². The van der Waals surface area contributed by atoms with E-state index in [2.05, 4.69) is 96.8 Å². The Kier molecular flexibility index (Phi) is 3.92. The van der Waals surface area contributed by atoms with Crippen LogP contribution in [0.4, 0.5) is 11.4 Å². The third kappa shape index (κ3) is 2.74. The van der Waals surface area contributed by atoms with Crippen LogP contribution in [0.25, 0.3) is 10.8 Å². The van der Waals surface area contributed by atoms with Gasteiger partial charge in [0.05, 0.1) is 5.69 Å². The highest BCUT2D eigenvalue weighted by molar-refractivity contribution is 5.97. The predicted molar refractivity (Wildman–Crippen MR) is 104 cm³/mol. The fraction of sp³-hybridized carbons (Fsp3) is 0.130.